The van der Waals surface area contributed by atoms with Crippen LogP contribution in [0.3, 0.4) is 0 Å². The normalized spacial score (nSPS) is 11.9. The molecule has 1 heterocycles. The fraction of sp³-hybridized carbons (Fsp3) is 0.222. The number of amides is 1. The van der Waals surface area contributed by atoms with Crippen molar-refractivity contribution in [1.29, 1.82) is 0 Å². The third kappa shape index (κ3) is 6.53. The van der Waals surface area contributed by atoms with Gasteiger partial charge in [0.2, 0.25) is 0 Å². The molecule has 0 atom stereocenters. The van der Waals surface area contributed by atoms with Gasteiger partial charge in [-0.1, -0.05) is 17.4 Å². The fourth-order valence-corrected chi connectivity index (χ4v) is 5.88. The van der Waals surface area contributed by atoms with Gasteiger partial charge in [-0.25, -0.2) is 13.2 Å². The number of carbonyl (C=O) groups is 2. The first-order chi connectivity index (χ1) is 18.7. The van der Waals surface area contributed by atoms with Crippen LogP contribution in [0.5, 0.6) is 5.75 Å². The van der Waals surface area contributed by atoms with Crippen LogP contribution >= 0.6 is 11.3 Å². The van der Waals surface area contributed by atoms with Gasteiger partial charge in [0.15, 0.2) is 4.80 Å². The van der Waals surface area contributed by atoms with E-state index in [1.54, 1.807) is 62.6 Å². The highest BCUT2D eigenvalue weighted by molar-refractivity contribution is 7.92. The monoisotopic (exact) mass is 569 g/mol. The average Bonchev–Trinajstić information content (AvgIpc) is 3.27. The number of anilines is 1. The first kappa shape index (κ1) is 28.0. The van der Waals surface area contributed by atoms with E-state index in [-0.39, 0.29) is 22.8 Å². The van der Waals surface area contributed by atoms with Crippen LogP contribution in [0, 0.1) is 0 Å². The number of carbonyl (C=O) groups excluding carboxylic acids is 2. The maximum atomic E-state index is 13.2. The summed E-state index contributed by atoms with van der Waals surface area (Å²) in [5, 5.41) is 0. The van der Waals surface area contributed by atoms with E-state index in [2.05, 4.69) is 9.71 Å². The number of aromatic nitrogens is 1. The second-order valence-electron chi connectivity index (χ2n) is 8.21. The molecule has 1 N–H and O–H groups in total. The topological polar surface area (TPSA) is 125 Å². The SMILES string of the molecule is CCOC(=O)c1ccc2c(c1)sc(=NC(=O)c1cccc(NS(=O)(=O)c3ccc(OC)cc3)c1)n2CCOC. The van der Waals surface area contributed by atoms with Crippen molar-refractivity contribution in [2.45, 2.75) is 18.4 Å². The lowest BCUT2D eigenvalue weighted by molar-refractivity contribution is 0.0526. The van der Waals surface area contributed by atoms with Gasteiger partial charge in [-0.15, -0.1) is 0 Å². The van der Waals surface area contributed by atoms with Gasteiger partial charge in [0.1, 0.15) is 5.75 Å². The Balaban J connectivity index is 1.66. The molecule has 204 valence electrons. The van der Waals surface area contributed by atoms with Crippen LogP contribution in [0.4, 0.5) is 5.69 Å². The number of nitrogens with zero attached hydrogens (tertiary/aromatic N) is 2. The van der Waals surface area contributed by atoms with Gasteiger partial charge < -0.3 is 18.8 Å². The molecular weight excluding hydrogens is 542 g/mol. The first-order valence-corrected chi connectivity index (χ1v) is 14.2. The summed E-state index contributed by atoms with van der Waals surface area (Å²) in [6.07, 6.45) is 0. The molecule has 0 aliphatic heterocycles. The van der Waals surface area contributed by atoms with E-state index < -0.39 is 21.9 Å². The molecule has 0 radical (unpaired) electrons. The van der Waals surface area contributed by atoms with E-state index in [0.29, 0.717) is 29.3 Å². The van der Waals surface area contributed by atoms with Crippen molar-refractivity contribution in [2.24, 2.45) is 4.99 Å². The molecule has 0 spiro atoms. The predicted octanol–water partition coefficient (Wildman–Crippen LogP) is 4.08. The molecule has 0 saturated carbocycles. The van der Waals surface area contributed by atoms with Crippen LogP contribution in [-0.4, -0.2) is 52.3 Å². The molecule has 1 amide bonds. The van der Waals surface area contributed by atoms with Gasteiger partial charge in [-0.3, -0.25) is 9.52 Å². The van der Waals surface area contributed by atoms with Crippen LogP contribution in [0.25, 0.3) is 10.2 Å². The number of fused-ring (bicyclic) bond motifs is 1. The Kier molecular flexibility index (Phi) is 8.79. The van der Waals surface area contributed by atoms with Crippen LogP contribution in [-0.2, 0) is 26.0 Å². The van der Waals surface area contributed by atoms with E-state index in [1.807, 2.05) is 4.57 Å². The number of esters is 1. The minimum atomic E-state index is -3.89. The minimum absolute atomic E-state index is 0.0522. The van der Waals surface area contributed by atoms with Crippen molar-refractivity contribution in [3.63, 3.8) is 0 Å². The lowest BCUT2D eigenvalue weighted by Crippen LogP contribution is -2.19. The van der Waals surface area contributed by atoms with Gasteiger partial charge >= 0.3 is 5.97 Å². The Morgan fingerprint density at radius 3 is 2.46 bits per heavy atom. The standard InChI is InChI=1S/C27H27N3O7S2/c1-4-37-26(32)19-8-13-23-24(17-19)38-27(30(23)14-15-35-2)28-25(31)18-6-5-7-20(16-18)29-39(33,34)22-11-9-21(36-3)10-12-22/h5-13,16-17,29H,4,14-15H2,1-3H3. The molecule has 0 aliphatic rings. The molecular formula is C27H27N3O7S2. The number of methoxy groups -OCH3 is 2. The molecule has 39 heavy (non-hydrogen) atoms. The Morgan fingerprint density at radius 2 is 1.77 bits per heavy atom. The van der Waals surface area contributed by atoms with E-state index >= 15 is 0 Å². The van der Waals surface area contributed by atoms with Crippen molar-refractivity contribution in [1.82, 2.24) is 4.57 Å². The largest absolute Gasteiger partial charge is 0.497 e. The Hall–Kier alpha value is -4.00. The minimum Gasteiger partial charge on any atom is -0.497 e. The van der Waals surface area contributed by atoms with Gasteiger partial charge in [-0.2, -0.15) is 4.99 Å². The maximum absolute atomic E-state index is 13.2. The van der Waals surface area contributed by atoms with Gasteiger partial charge in [0, 0.05) is 24.9 Å². The van der Waals surface area contributed by atoms with Crippen LogP contribution in [0.2, 0.25) is 0 Å². The number of rotatable bonds is 10. The second kappa shape index (κ2) is 12.2. The molecule has 0 aliphatic carbocycles. The highest BCUT2D eigenvalue weighted by Crippen LogP contribution is 2.22. The summed E-state index contributed by atoms with van der Waals surface area (Å²) in [4.78, 5) is 30.1. The summed E-state index contributed by atoms with van der Waals surface area (Å²) in [5.41, 5.74) is 1.61. The molecule has 4 aromatic rings. The highest BCUT2D eigenvalue weighted by atomic mass is 32.2. The summed E-state index contributed by atoms with van der Waals surface area (Å²) in [6.45, 7) is 2.82. The molecule has 0 saturated heterocycles. The third-order valence-corrected chi connectivity index (χ3v) is 8.08. The summed E-state index contributed by atoms with van der Waals surface area (Å²) in [7, 11) is -0.819. The Morgan fingerprint density at radius 1 is 1.00 bits per heavy atom. The van der Waals surface area contributed by atoms with Gasteiger partial charge in [-0.05, 0) is 67.6 Å². The molecule has 0 unspecified atom stereocenters. The van der Waals surface area contributed by atoms with Crippen molar-refractivity contribution in [3.8, 4) is 5.75 Å². The maximum Gasteiger partial charge on any atom is 0.338 e. The number of thiazole rings is 1. The van der Waals surface area contributed by atoms with Crippen molar-refractivity contribution < 1.29 is 32.2 Å². The molecule has 0 bridgehead atoms. The predicted molar refractivity (Wildman–Crippen MR) is 148 cm³/mol. The van der Waals surface area contributed by atoms with Crippen LogP contribution < -0.4 is 14.3 Å². The third-order valence-electron chi connectivity index (χ3n) is 5.64. The average molecular weight is 570 g/mol. The number of hydrogen-bond acceptors (Lipinski definition) is 8. The second-order valence-corrected chi connectivity index (χ2v) is 10.9. The first-order valence-electron chi connectivity index (χ1n) is 11.9. The van der Waals surface area contributed by atoms with E-state index in [1.165, 1.54) is 36.6 Å². The van der Waals surface area contributed by atoms with Crippen molar-refractivity contribution >= 4 is 49.1 Å². The van der Waals surface area contributed by atoms with E-state index in [4.69, 9.17) is 14.2 Å². The summed E-state index contributed by atoms with van der Waals surface area (Å²) >= 11 is 1.25. The molecule has 1 aromatic heterocycles. The van der Waals surface area contributed by atoms with E-state index in [9.17, 15) is 18.0 Å². The van der Waals surface area contributed by atoms with Crippen molar-refractivity contribution in [3.05, 3.63) is 82.7 Å². The summed E-state index contributed by atoms with van der Waals surface area (Å²) in [6, 6.07) is 17.2. The number of ether oxygens (including phenoxy) is 3. The number of nitrogens with one attached hydrogen (secondary N) is 1. The smallest absolute Gasteiger partial charge is 0.338 e. The number of benzene rings is 3. The van der Waals surface area contributed by atoms with Crippen molar-refractivity contribution in [2.75, 3.05) is 32.2 Å². The van der Waals surface area contributed by atoms with Gasteiger partial charge in [0.25, 0.3) is 15.9 Å². The number of sulfonamides is 1. The zero-order valence-electron chi connectivity index (χ0n) is 21.5. The van der Waals surface area contributed by atoms with Crippen LogP contribution in [0.15, 0.2) is 76.6 Å². The summed E-state index contributed by atoms with van der Waals surface area (Å²) < 4.78 is 46.1. The number of hydrogen-bond donors (Lipinski definition) is 1. The Labute approximate surface area is 229 Å². The zero-order valence-corrected chi connectivity index (χ0v) is 23.2. The zero-order chi connectivity index (χ0) is 28.0. The fourth-order valence-electron chi connectivity index (χ4n) is 3.73. The molecule has 4 rings (SSSR count). The van der Waals surface area contributed by atoms with Gasteiger partial charge in [0.05, 0.1) is 41.0 Å². The lowest BCUT2D eigenvalue weighted by Gasteiger charge is -2.09. The van der Waals surface area contributed by atoms with Crippen LogP contribution in [0.1, 0.15) is 27.6 Å². The Bertz CT molecular complexity index is 1670. The quantitative estimate of drug-likeness (QED) is 0.285. The highest BCUT2D eigenvalue weighted by Gasteiger charge is 2.16. The molecule has 10 nitrogen and oxygen atoms in total. The van der Waals surface area contributed by atoms with E-state index in [0.717, 1.165) is 10.2 Å². The summed E-state index contributed by atoms with van der Waals surface area (Å²) in [5.74, 6) is -0.451. The molecule has 0 fully saturated rings. The molecule has 3 aromatic carbocycles. The lowest BCUT2D eigenvalue weighted by atomic mass is 10.2. The molecule has 12 heteroatoms.